The van der Waals surface area contributed by atoms with Crippen molar-refractivity contribution in [2.75, 3.05) is 11.1 Å². The molecule has 1 heterocycles. The van der Waals surface area contributed by atoms with E-state index in [0.717, 1.165) is 45.7 Å². The quantitative estimate of drug-likeness (QED) is 0.505. The van der Waals surface area contributed by atoms with Crippen molar-refractivity contribution in [3.63, 3.8) is 0 Å². The van der Waals surface area contributed by atoms with Gasteiger partial charge in [-0.1, -0.05) is 50.3 Å². The number of nitrogen functional groups attached to an aromatic ring is 1. The molecule has 0 atom stereocenters. The second kappa shape index (κ2) is 9.94. The average molecular weight is 424 g/mol. The van der Waals surface area contributed by atoms with Crippen LogP contribution in [0.1, 0.15) is 60.1 Å². The van der Waals surface area contributed by atoms with Crippen molar-refractivity contribution in [2.24, 2.45) is 5.92 Å². The predicted molar refractivity (Wildman–Crippen MR) is 127 cm³/mol. The lowest BCUT2D eigenvalue weighted by Gasteiger charge is -2.21. The number of carbonyl (C=O) groups excluding carboxylic acids is 1. The summed E-state index contributed by atoms with van der Waals surface area (Å²) in [6.45, 7) is 1.93. The van der Waals surface area contributed by atoms with Crippen molar-refractivity contribution < 1.29 is 4.79 Å². The van der Waals surface area contributed by atoms with E-state index in [1.165, 1.54) is 38.5 Å². The lowest BCUT2D eigenvalue weighted by Crippen LogP contribution is -2.15. The fraction of sp³-hybridized carbons (Fsp3) is 0.360. The molecule has 0 unspecified atom stereocenters. The largest absolute Gasteiger partial charge is 0.398 e. The van der Waals surface area contributed by atoms with Crippen molar-refractivity contribution >= 4 is 40.6 Å². The van der Waals surface area contributed by atoms with E-state index in [1.807, 2.05) is 49.4 Å². The lowest BCUT2D eigenvalue weighted by atomic mass is 9.84. The van der Waals surface area contributed by atoms with Crippen LogP contribution in [0, 0.1) is 12.8 Å². The molecule has 1 amide bonds. The highest BCUT2D eigenvalue weighted by Crippen LogP contribution is 2.28. The van der Waals surface area contributed by atoms with Gasteiger partial charge < -0.3 is 11.1 Å². The van der Waals surface area contributed by atoms with E-state index < -0.39 is 0 Å². The Bertz CT molecular complexity index is 1030. The molecule has 0 bridgehead atoms. The Morgan fingerprint density at radius 2 is 1.87 bits per heavy atom. The van der Waals surface area contributed by atoms with Crippen LogP contribution in [-0.2, 0) is 6.42 Å². The molecule has 1 aliphatic rings. The van der Waals surface area contributed by atoms with E-state index in [1.54, 1.807) is 0 Å². The Morgan fingerprint density at radius 1 is 1.10 bits per heavy atom. The molecule has 0 aliphatic heterocycles. The molecule has 4 nitrogen and oxygen atoms in total. The maximum Gasteiger partial charge on any atom is 0.255 e. The summed E-state index contributed by atoms with van der Waals surface area (Å²) in [7, 11) is 0. The summed E-state index contributed by atoms with van der Waals surface area (Å²) in [4.78, 5) is 17.5. The number of amides is 1. The molecule has 1 saturated carbocycles. The molecular formula is C25H30ClN3O. The maximum absolute atomic E-state index is 13.0. The minimum absolute atomic E-state index is 0. The van der Waals surface area contributed by atoms with Gasteiger partial charge in [-0.2, -0.15) is 0 Å². The highest BCUT2D eigenvalue weighted by Gasteiger charge is 2.16. The van der Waals surface area contributed by atoms with Gasteiger partial charge >= 0.3 is 0 Å². The van der Waals surface area contributed by atoms with E-state index in [9.17, 15) is 4.79 Å². The number of aromatic nitrogens is 1. The Morgan fingerprint density at radius 3 is 2.67 bits per heavy atom. The molecule has 3 aromatic rings. The van der Waals surface area contributed by atoms with Gasteiger partial charge in [-0.3, -0.25) is 9.78 Å². The van der Waals surface area contributed by atoms with Gasteiger partial charge in [-0.15, -0.1) is 12.4 Å². The van der Waals surface area contributed by atoms with Crippen LogP contribution in [0.5, 0.6) is 0 Å². The van der Waals surface area contributed by atoms with Crippen molar-refractivity contribution in [3.8, 4) is 0 Å². The normalized spacial score (nSPS) is 14.3. The summed E-state index contributed by atoms with van der Waals surface area (Å²) in [5, 5.41) is 3.91. The van der Waals surface area contributed by atoms with Crippen molar-refractivity contribution in [3.05, 3.63) is 65.4 Å². The first-order valence-corrected chi connectivity index (χ1v) is 10.7. The van der Waals surface area contributed by atoms with Crippen LogP contribution in [-0.4, -0.2) is 10.9 Å². The molecule has 0 saturated heterocycles. The molecule has 30 heavy (non-hydrogen) atoms. The molecular weight excluding hydrogens is 394 g/mol. The molecule has 2 aromatic carbocycles. The van der Waals surface area contributed by atoms with E-state index >= 15 is 0 Å². The minimum atomic E-state index is -0.0674. The molecule has 0 radical (unpaired) electrons. The van der Waals surface area contributed by atoms with Gasteiger partial charge in [-0.25, -0.2) is 0 Å². The van der Waals surface area contributed by atoms with E-state index in [0.29, 0.717) is 5.69 Å². The number of carbonyl (C=O) groups is 1. The second-order valence-corrected chi connectivity index (χ2v) is 8.24. The van der Waals surface area contributed by atoms with Gasteiger partial charge in [0.25, 0.3) is 5.91 Å². The van der Waals surface area contributed by atoms with E-state index in [2.05, 4.69) is 16.4 Å². The smallest absolute Gasteiger partial charge is 0.255 e. The van der Waals surface area contributed by atoms with Crippen LogP contribution in [0.3, 0.4) is 0 Å². The number of rotatable bonds is 5. The van der Waals surface area contributed by atoms with Gasteiger partial charge in [-0.05, 0) is 61.6 Å². The number of fused-ring (bicyclic) bond motifs is 1. The van der Waals surface area contributed by atoms with Crippen molar-refractivity contribution in [2.45, 2.75) is 51.9 Å². The molecule has 158 valence electrons. The third kappa shape index (κ3) is 5.11. The first-order valence-electron chi connectivity index (χ1n) is 10.7. The van der Waals surface area contributed by atoms with Crippen molar-refractivity contribution in [1.29, 1.82) is 0 Å². The second-order valence-electron chi connectivity index (χ2n) is 8.24. The number of nitrogens with one attached hydrogen (secondary N) is 1. The topological polar surface area (TPSA) is 68.0 Å². The fourth-order valence-electron chi connectivity index (χ4n) is 4.46. The number of nitrogens with two attached hydrogens (primary N) is 1. The van der Waals surface area contributed by atoms with Gasteiger partial charge in [0, 0.05) is 28.0 Å². The SMILES string of the molecule is Cc1cc(N)c2cc(NC(=O)c3ccccc3CCC3CCCCC3)ccc2n1.Cl. The summed E-state index contributed by atoms with van der Waals surface area (Å²) >= 11 is 0. The summed E-state index contributed by atoms with van der Waals surface area (Å²) in [6, 6.07) is 15.5. The summed E-state index contributed by atoms with van der Waals surface area (Å²) < 4.78 is 0. The number of benzene rings is 2. The zero-order valence-electron chi connectivity index (χ0n) is 17.5. The molecule has 1 aliphatic carbocycles. The third-order valence-corrected chi connectivity index (χ3v) is 6.04. The number of hydrogen-bond donors (Lipinski definition) is 2. The molecule has 5 heteroatoms. The van der Waals surface area contributed by atoms with Gasteiger partial charge in [0.2, 0.25) is 0 Å². The first kappa shape index (κ1) is 22.1. The molecule has 3 N–H and O–H groups in total. The van der Waals surface area contributed by atoms with E-state index in [-0.39, 0.29) is 18.3 Å². The van der Waals surface area contributed by atoms with Crippen LogP contribution >= 0.6 is 12.4 Å². The fourth-order valence-corrected chi connectivity index (χ4v) is 4.46. The standard InChI is InChI=1S/C25H29N3O.ClH/c1-17-15-23(26)22-16-20(13-14-24(22)27-17)28-25(29)21-10-6-5-9-19(21)12-11-18-7-3-2-4-8-18;/h5-6,9-10,13-16,18H,2-4,7-8,11-12H2,1H3,(H2,26,27)(H,28,29);1H. The van der Waals surface area contributed by atoms with E-state index in [4.69, 9.17) is 5.73 Å². The molecule has 1 aromatic heterocycles. The number of pyridine rings is 1. The summed E-state index contributed by atoms with van der Waals surface area (Å²) in [5.74, 6) is 0.738. The van der Waals surface area contributed by atoms with Crippen LogP contribution in [0.15, 0.2) is 48.5 Å². The Kier molecular flexibility index (Phi) is 7.33. The highest BCUT2D eigenvalue weighted by atomic mass is 35.5. The average Bonchev–Trinajstić information content (AvgIpc) is 2.73. The van der Waals surface area contributed by atoms with Gasteiger partial charge in [0.15, 0.2) is 0 Å². The number of hydrogen-bond acceptors (Lipinski definition) is 3. The Hall–Kier alpha value is -2.59. The maximum atomic E-state index is 13.0. The monoisotopic (exact) mass is 423 g/mol. The predicted octanol–water partition coefficient (Wildman–Crippen LogP) is 6.31. The highest BCUT2D eigenvalue weighted by molar-refractivity contribution is 6.06. The third-order valence-electron chi connectivity index (χ3n) is 6.04. The molecule has 0 spiro atoms. The molecule has 4 rings (SSSR count). The van der Waals surface area contributed by atoms with Gasteiger partial charge in [0.05, 0.1) is 5.52 Å². The molecule has 1 fully saturated rings. The van der Waals surface area contributed by atoms with Crippen molar-refractivity contribution in [1.82, 2.24) is 4.98 Å². The van der Waals surface area contributed by atoms with Gasteiger partial charge in [0.1, 0.15) is 0 Å². The number of nitrogens with zero attached hydrogens (tertiary/aromatic N) is 1. The zero-order chi connectivity index (χ0) is 20.2. The summed E-state index contributed by atoms with van der Waals surface area (Å²) in [6.07, 6.45) is 8.88. The van der Waals surface area contributed by atoms with Crippen LogP contribution < -0.4 is 11.1 Å². The number of anilines is 2. The van der Waals surface area contributed by atoms with Crippen LogP contribution in [0.4, 0.5) is 11.4 Å². The number of halogens is 1. The Labute approximate surface area is 184 Å². The Balaban J connectivity index is 0.00000256. The minimum Gasteiger partial charge on any atom is -0.398 e. The number of aryl methyl sites for hydroxylation is 2. The van der Waals surface area contributed by atoms with Crippen LogP contribution in [0.25, 0.3) is 10.9 Å². The summed E-state index contributed by atoms with van der Waals surface area (Å²) in [5.41, 5.74) is 11.2. The van der Waals surface area contributed by atoms with Crippen LogP contribution in [0.2, 0.25) is 0 Å². The zero-order valence-corrected chi connectivity index (χ0v) is 18.3. The lowest BCUT2D eigenvalue weighted by molar-refractivity contribution is 0.102. The first-order chi connectivity index (χ1) is 14.1.